The summed E-state index contributed by atoms with van der Waals surface area (Å²) >= 11 is 0. The van der Waals surface area contributed by atoms with Crippen molar-refractivity contribution in [3.8, 4) is 11.4 Å². The molecule has 0 spiro atoms. The van der Waals surface area contributed by atoms with Crippen molar-refractivity contribution in [2.24, 2.45) is 5.10 Å². The zero-order chi connectivity index (χ0) is 28.7. The van der Waals surface area contributed by atoms with Crippen LogP contribution in [0.2, 0.25) is 0 Å². The van der Waals surface area contributed by atoms with Gasteiger partial charge in [-0.3, -0.25) is 4.79 Å². The van der Waals surface area contributed by atoms with Gasteiger partial charge in [-0.05, 0) is 43.3 Å². The first kappa shape index (κ1) is 26.2. The molecule has 0 aliphatic heterocycles. The van der Waals surface area contributed by atoms with E-state index in [1.807, 2.05) is 35.8 Å². The molecule has 9 heteroatoms. The summed E-state index contributed by atoms with van der Waals surface area (Å²) in [5.41, 5.74) is 1.88. The molecule has 2 heterocycles. The van der Waals surface area contributed by atoms with E-state index in [0.29, 0.717) is 16.6 Å². The van der Waals surface area contributed by atoms with Gasteiger partial charge in [0, 0.05) is 33.3 Å². The van der Waals surface area contributed by atoms with Gasteiger partial charge in [0.25, 0.3) is 5.56 Å². The van der Waals surface area contributed by atoms with Crippen LogP contribution in [0.1, 0.15) is 22.4 Å². The first-order chi connectivity index (χ1) is 19.7. The van der Waals surface area contributed by atoms with Crippen molar-refractivity contribution in [2.75, 3.05) is 0 Å². The summed E-state index contributed by atoms with van der Waals surface area (Å²) in [6, 6.07) is 25.4. The first-order valence-corrected chi connectivity index (χ1v) is 12.8. The van der Waals surface area contributed by atoms with E-state index < -0.39 is 17.3 Å². The number of halogens is 4. The summed E-state index contributed by atoms with van der Waals surface area (Å²) in [6.45, 7) is 2.15. The molecule has 0 unspecified atom stereocenters. The van der Waals surface area contributed by atoms with Crippen molar-refractivity contribution >= 4 is 28.0 Å². The lowest BCUT2D eigenvalue weighted by molar-refractivity contribution is -0.137. The predicted octanol–water partition coefficient (Wildman–Crippen LogP) is 7.42. The Hall–Kier alpha value is -5.05. The monoisotopic (exact) mass is 554 g/mol. The molecule has 2 aromatic heterocycles. The van der Waals surface area contributed by atoms with Crippen LogP contribution in [0.3, 0.4) is 0 Å². The van der Waals surface area contributed by atoms with E-state index in [1.165, 1.54) is 24.4 Å². The van der Waals surface area contributed by atoms with Crippen molar-refractivity contribution in [3.63, 3.8) is 0 Å². The average molecular weight is 555 g/mol. The summed E-state index contributed by atoms with van der Waals surface area (Å²) in [7, 11) is 0. The number of hydrogen-bond acceptors (Lipinski definition) is 3. The molecular weight excluding hydrogens is 532 g/mol. The van der Waals surface area contributed by atoms with E-state index in [1.54, 1.807) is 42.5 Å². The van der Waals surface area contributed by atoms with Gasteiger partial charge in [0.1, 0.15) is 5.82 Å². The van der Waals surface area contributed by atoms with Crippen LogP contribution in [0.25, 0.3) is 33.2 Å². The first-order valence-electron chi connectivity index (χ1n) is 12.8. The van der Waals surface area contributed by atoms with Gasteiger partial charge < -0.3 is 4.57 Å². The number of para-hydroxylation sites is 2. The summed E-state index contributed by atoms with van der Waals surface area (Å²) in [4.78, 5) is 18.1. The minimum atomic E-state index is -4.57. The van der Waals surface area contributed by atoms with E-state index in [2.05, 4.69) is 10.1 Å². The van der Waals surface area contributed by atoms with Gasteiger partial charge in [-0.15, -0.1) is 0 Å². The minimum Gasteiger partial charge on any atom is -0.340 e. The van der Waals surface area contributed by atoms with Gasteiger partial charge in [0.2, 0.25) is 0 Å². The largest absolute Gasteiger partial charge is 0.416 e. The number of rotatable bonds is 5. The fraction of sp³-hybridized carbons (Fsp3) is 0.0938. The maximum Gasteiger partial charge on any atom is 0.416 e. The van der Waals surface area contributed by atoms with Crippen molar-refractivity contribution in [3.05, 3.63) is 136 Å². The van der Waals surface area contributed by atoms with Crippen molar-refractivity contribution in [1.29, 1.82) is 0 Å². The summed E-state index contributed by atoms with van der Waals surface area (Å²) in [5, 5.41) is 5.59. The molecule has 0 atom stereocenters. The molecule has 4 aromatic carbocycles. The highest BCUT2D eigenvalue weighted by molar-refractivity contribution is 6.01. The standard InChI is InChI=1S/C32H22F4N4O/c1-20-26(24-12-4-7-16-29(24)39(20)19-22-9-2-5-14-27(22)33)18-37-40-30(21-10-8-11-23(17-21)32(34,35)36)38-28-15-6-3-13-25(28)31(40)41/h2-18H,19H2,1H3. The van der Waals surface area contributed by atoms with Crippen LogP contribution >= 0.6 is 0 Å². The molecule has 0 amide bonds. The lowest BCUT2D eigenvalue weighted by Gasteiger charge is -2.12. The maximum atomic E-state index is 14.5. The van der Waals surface area contributed by atoms with Gasteiger partial charge in [0.05, 0.1) is 29.2 Å². The second-order valence-electron chi connectivity index (χ2n) is 9.59. The van der Waals surface area contributed by atoms with Crippen molar-refractivity contribution in [2.45, 2.75) is 19.6 Å². The number of alkyl halides is 3. The Kier molecular flexibility index (Phi) is 6.49. The van der Waals surface area contributed by atoms with Gasteiger partial charge in [-0.2, -0.15) is 22.9 Å². The van der Waals surface area contributed by atoms with E-state index in [-0.39, 0.29) is 29.1 Å². The number of aromatic nitrogens is 3. The Morgan fingerprint density at radius 3 is 2.37 bits per heavy atom. The Morgan fingerprint density at radius 2 is 1.59 bits per heavy atom. The Bertz CT molecular complexity index is 2020. The molecular formula is C32H22F4N4O. The molecule has 0 bridgehead atoms. The van der Waals surface area contributed by atoms with Crippen LogP contribution < -0.4 is 5.56 Å². The second-order valence-corrected chi connectivity index (χ2v) is 9.59. The fourth-order valence-corrected chi connectivity index (χ4v) is 4.99. The van der Waals surface area contributed by atoms with Crippen molar-refractivity contribution < 1.29 is 17.6 Å². The lowest BCUT2D eigenvalue weighted by Crippen LogP contribution is -2.20. The lowest BCUT2D eigenvalue weighted by atomic mass is 10.1. The summed E-state index contributed by atoms with van der Waals surface area (Å²) < 4.78 is 58.1. The SMILES string of the molecule is Cc1c(C=Nn2c(-c3cccc(C(F)(F)F)c3)nc3ccccc3c2=O)c2ccccc2n1Cc1ccccc1F. The maximum absolute atomic E-state index is 14.5. The molecule has 41 heavy (non-hydrogen) atoms. The number of nitrogens with zero attached hydrogens (tertiary/aromatic N) is 4. The number of fused-ring (bicyclic) bond motifs is 2. The highest BCUT2D eigenvalue weighted by Crippen LogP contribution is 2.32. The molecule has 6 rings (SSSR count). The number of benzene rings is 4. The molecule has 5 nitrogen and oxygen atoms in total. The molecule has 0 saturated heterocycles. The zero-order valence-corrected chi connectivity index (χ0v) is 21.7. The third-order valence-electron chi connectivity index (χ3n) is 7.07. The van der Waals surface area contributed by atoms with E-state index in [9.17, 15) is 22.4 Å². The molecule has 0 aliphatic rings. The van der Waals surface area contributed by atoms with E-state index >= 15 is 0 Å². The molecule has 0 radical (unpaired) electrons. The minimum absolute atomic E-state index is 0.0243. The average Bonchev–Trinajstić information content (AvgIpc) is 3.23. The third-order valence-corrected chi connectivity index (χ3v) is 7.07. The smallest absolute Gasteiger partial charge is 0.340 e. The molecule has 0 N–H and O–H groups in total. The highest BCUT2D eigenvalue weighted by Gasteiger charge is 2.31. The normalized spacial score (nSPS) is 12.1. The zero-order valence-electron chi connectivity index (χ0n) is 21.7. The molecule has 6 aromatic rings. The van der Waals surface area contributed by atoms with Gasteiger partial charge in [-0.1, -0.05) is 60.7 Å². The third kappa shape index (κ3) is 4.80. The van der Waals surface area contributed by atoms with E-state index in [0.717, 1.165) is 33.4 Å². The quantitative estimate of drug-likeness (QED) is 0.165. The predicted molar refractivity (Wildman–Crippen MR) is 152 cm³/mol. The van der Waals surface area contributed by atoms with Crippen molar-refractivity contribution in [1.82, 2.24) is 14.2 Å². The highest BCUT2D eigenvalue weighted by atomic mass is 19.4. The van der Waals surface area contributed by atoms with Crippen LogP contribution in [0.15, 0.2) is 107 Å². The Balaban J connectivity index is 1.54. The van der Waals surface area contributed by atoms with Gasteiger partial charge >= 0.3 is 6.18 Å². The van der Waals surface area contributed by atoms with Crippen LogP contribution in [-0.4, -0.2) is 20.4 Å². The topological polar surface area (TPSA) is 52.2 Å². The fourth-order valence-electron chi connectivity index (χ4n) is 4.99. The molecule has 0 aliphatic carbocycles. The van der Waals surface area contributed by atoms with Gasteiger partial charge in [0.15, 0.2) is 5.82 Å². The summed E-state index contributed by atoms with van der Waals surface area (Å²) in [5.74, 6) is -0.344. The van der Waals surface area contributed by atoms with E-state index in [4.69, 9.17) is 0 Å². The second kappa shape index (κ2) is 10.2. The Morgan fingerprint density at radius 1 is 0.878 bits per heavy atom. The molecule has 0 fully saturated rings. The summed E-state index contributed by atoms with van der Waals surface area (Å²) in [6.07, 6.45) is -3.07. The molecule has 204 valence electrons. The number of hydrogen-bond donors (Lipinski definition) is 0. The van der Waals surface area contributed by atoms with Crippen LogP contribution in [0.5, 0.6) is 0 Å². The van der Waals surface area contributed by atoms with Gasteiger partial charge in [-0.25, -0.2) is 9.37 Å². The van der Waals surface area contributed by atoms with Crippen LogP contribution in [0.4, 0.5) is 17.6 Å². The Labute approximate surface area is 231 Å². The molecule has 0 saturated carbocycles. The van der Waals surface area contributed by atoms with Crippen LogP contribution in [-0.2, 0) is 12.7 Å². The van der Waals surface area contributed by atoms with Crippen LogP contribution in [0, 0.1) is 12.7 Å².